The number of imidazole rings is 1. The lowest BCUT2D eigenvalue weighted by Crippen LogP contribution is -2.12. The minimum absolute atomic E-state index is 0.304. The minimum Gasteiger partial charge on any atom is -0.331 e. The van der Waals surface area contributed by atoms with E-state index in [1.165, 1.54) is 24.1 Å². The summed E-state index contributed by atoms with van der Waals surface area (Å²) in [5.74, 6) is 0. The molecule has 0 aliphatic rings. The minimum atomic E-state index is 0.304. The third-order valence-electron chi connectivity index (χ3n) is 4.31. The predicted octanol–water partition coefficient (Wildman–Crippen LogP) is 4.49. The van der Waals surface area contributed by atoms with Crippen molar-refractivity contribution in [3.8, 4) is 11.3 Å². The SMILES string of the molecule is CCCCc1c(-c2ccccc2)ncn1[C@@H](C)Cc1cnccn1. The van der Waals surface area contributed by atoms with Crippen molar-refractivity contribution in [2.75, 3.05) is 0 Å². The van der Waals surface area contributed by atoms with Crippen molar-refractivity contribution in [2.24, 2.45) is 0 Å². The molecule has 0 aliphatic heterocycles. The Morgan fingerprint density at radius 2 is 1.92 bits per heavy atom. The van der Waals surface area contributed by atoms with E-state index < -0.39 is 0 Å². The Hall–Kier alpha value is -2.49. The molecule has 124 valence electrons. The number of hydrogen-bond donors (Lipinski definition) is 0. The molecule has 0 amide bonds. The molecule has 4 nitrogen and oxygen atoms in total. The summed E-state index contributed by atoms with van der Waals surface area (Å²) in [4.78, 5) is 13.3. The Balaban J connectivity index is 1.90. The maximum atomic E-state index is 4.73. The second-order valence-corrected chi connectivity index (χ2v) is 6.17. The molecule has 0 aliphatic carbocycles. The van der Waals surface area contributed by atoms with Crippen molar-refractivity contribution < 1.29 is 0 Å². The van der Waals surface area contributed by atoms with Crippen LogP contribution in [0.4, 0.5) is 0 Å². The van der Waals surface area contributed by atoms with Crippen LogP contribution in [0, 0.1) is 0 Å². The van der Waals surface area contributed by atoms with Gasteiger partial charge in [0.2, 0.25) is 0 Å². The van der Waals surface area contributed by atoms with E-state index in [-0.39, 0.29) is 0 Å². The number of unbranched alkanes of at least 4 members (excludes halogenated alkanes) is 1. The highest BCUT2D eigenvalue weighted by atomic mass is 15.1. The highest BCUT2D eigenvalue weighted by Gasteiger charge is 2.17. The standard InChI is InChI=1S/C20H24N4/c1-3-4-10-19-20(17-8-6-5-7-9-17)23-15-24(19)16(2)13-18-14-21-11-12-22-18/h5-9,11-12,14-16H,3-4,10,13H2,1-2H3/t16-/m0/s1. The van der Waals surface area contributed by atoms with Crippen LogP contribution < -0.4 is 0 Å². The van der Waals surface area contributed by atoms with Crippen molar-refractivity contribution in [3.63, 3.8) is 0 Å². The summed E-state index contributed by atoms with van der Waals surface area (Å²) in [7, 11) is 0. The van der Waals surface area contributed by atoms with Crippen LogP contribution in [0.1, 0.15) is 44.1 Å². The van der Waals surface area contributed by atoms with E-state index in [9.17, 15) is 0 Å². The van der Waals surface area contributed by atoms with Crippen molar-refractivity contribution in [3.05, 3.63) is 66.6 Å². The fourth-order valence-corrected chi connectivity index (χ4v) is 3.03. The lowest BCUT2D eigenvalue weighted by atomic mass is 10.1. The third-order valence-corrected chi connectivity index (χ3v) is 4.31. The van der Waals surface area contributed by atoms with Crippen LogP contribution in [0.2, 0.25) is 0 Å². The van der Waals surface area contributed by atoms with E-state index in [0.29, 0.717) is 6.04 Å². The highest BCUT2D eigenvalue weighted by Crippen LogP contribution is 2.27. The fraction of sp³-hybridized carbons (Fsp3) is 0.350. The van der Waals surface area contributed by atoms with Gasteiger partial charge in [-0.05, 0) is 19.8 Å². The van der Waals surface area contributed by atoms with Crippen molar-refractivity contribution in [1.82, 2.24) is 19.5 Å². The summed E-state index contributed by atoms with van der Waals surface area (Å²) in [5.41, 5.74) is 4.63. The molecule has 2 heterocycles. The van der Waals surface area contributed by atoms with Gasteiger partial charge in [0.05, 0.1) is 17.7 Å². The number of rotatable bonds is 7. The largest absolute Gasteiger partial charge is 0.331 e. The molecule has 3 rings (SSSR count). The molecular formula is C20H24N4. The molecule has 2 aromatic heterocycles. The molecule has 0 unspecified atom stereocenters. The first-order valence-corrected chi connectivity index (χ1v) is 8.65. The molecule has 0 bridgehead atoms. The van der Waals surface area contributed by atoms with Crippen molar-refractivity contribution in [2.45, 2.75) is 45.6 Å². The quantitative estimate of drug-likeness (QED) is 0.644. The summed E-state index contributed by atoms with van der Waals surface area (Å²) in [6.45, 7) is 4.45. The van der Waals surface area contributed by atoms with Gasteiger partial charge >= 0.3 is 0 Å². The van der Waals surface area contributed by atoms with Crippen LogP contribution >= 0.6 is 0 Å². The van der Waals surface area contributed by atoms with Gasteiger partial charge in [-0.3, -0.25) is 9.97 Å². The number of aromatic nitrogens is 4. The summed E-state index contributed by atoms with van der Waals surface area (Å²) < 4.78 is 2.31. The van der Waals surface area contributed by atoms with E-state index in [1.54, 1.807) is 12.4 Å². The van der Waals surface area contributed by atoms with Gasteiger partial charge in [0.25, 0.3) is 0 Å². The van der Waals surface area contributed by atoms with Gasteiger partial charge < -0.3 is 4.57 Å². The van der Waals surface area contributed by atoms with E-state index in [0.717, 1.165) is 24.2 Å². The maximum Gasteiger partial charge on any atom is 0.0958 e. The molecule has 24 heavy (non-hydrogen) atoms. The van der Waals surface area contributed by atoms with Crippen LogP contribution in [0.15, 0.2) is 55.2 Å². The van der Waals surface area contributed by atoms with E-state index in [2.05, 4.69) is 52.6 Å². The summed E-state index contributed by atoms with van der Waals surface area (Å²) in [5, 5.41) is 0. The number of hydrogen-bond acceptors (Lipinski definition) is 3. The summed E-state index contributed by atoms with van der Waals surface area (Å²) >= 11 is 0. The lowest BCUT2D eigenvalue weighted by Gasteiger charge is -2.17. The number of nitrogens with zero attached hydrogens (tertiary/aromatic N) is 4. The second-order valence-electron chi connectivity index (χ2n) is 6.17. The topological polar surface area (TPSA) is 43.6 Å². The van der Waals surface area contributed by atoms with Crippen molar-refractivity contribution in [1.29, 1.82) is 0 Å². The highest BCUT2D eigenvalue weighted by molar-refractivity contribution is 5.61. The maximum absolute atomic E-state index is 4.73. The molecule has 1 atom stereocenters. The van der Waals surface area contributed by atoms with Crippen LogP contribution in [0.3, 0.4) is 0 Å². The molecule has 0 fully saturated rings. The Kier molecular flexibility index (Phi) is 5.36. The van der Waals surface area contributed by atoms with Gasteiger partial charge in [-0.15, -0.1) is 0 Å². The Bertz CT molecular complexity index is 750. The monoisotopic (exact) mass is 320 g/mol. The molecule has 0 radical (unpaired) electrons. The van der Waals surface area contributed by atoms with Crippen LogP contribution in [-0.4, -0.2) is 19.5 Å². The molecular weight excluding hydrogens is 296 g/mol. The molecule has 0 N–H and O–H groups in total. The molecule has 0 saturated heterocycles. The molecule has 1 aromatic carbocycles. The normalized spacial score (nSPS) is 12.2. The first-order chi connectivity index (χ1) is 11.8. The molecule has 4 heteroatoms. The summed E-state index contributed by atoms with van der Waals surface area (Å²) in [6, 6.07) is 10.8. The first-order valence-electron chi connectivity index (χ1n) is 8.65. The second kappa shape index (κ2) is 7.86. The van der Waals surface area contributed by atoms with Gasteiger partial charge in [0.15, 0.2) is 0 Å². The van der Waals surface area contributed by atoms with Crippen LogP contribution in [-0.2, 0) is 12.8 Å². The average molecular weight is 320 g/mol. The molecule has 0 spiro atoms. The van der Waals surface area contributed by atoms with Gasteiger partial charge in [0, 0.05) is 42.3 Å². The van der Waals surface area contributed by atoms with Crippen LogP contribution in [0.25, 0.3) is 11.3 Å². The smallest absolute Gasteiger partial charge is 0.0958 e. The van der Waals surface area contributed by atoms with E-state index in [4.69, 9.17) is 4.98 Å². The van der Waals surface area contributed by atoms with Crippen molar-refractivity contribution >= 4 is 0 Å². The third kappa shape index (κ3) is 3.70. The van der Waals surface area contributed by atoms with E-state index >= 15 is 0 Å². The number of benzene rings is 1. The molecule has 3 aromatic rings. The van der Waals surface area contributed by atoms with Gasteiger partial charge in [-0.25, -0.2) is 4.98 Å². The van der Waals surface area contributed by atoms with Gasteiger partial charge in [-0.2, -0.15) is 0 Å². The lowest BCUT2D eigenvalue weighted by molar-refractivity contribution is 0.514. The molecule has 0 saturated carbocycles. The zero-order chi connectivity index (χ0) is 16.8. The Morgan fingerprint density at radius 3 is 2.62 bits per heavy atom. The summed E-state index contributed by atoms with van der Waals surface area (Å²) in [6.07, 6.45) is 11.5. The van der Waals surface area contributed by atoms with Gasteiger partial charge in [0.1, 0.15) is 0 Å². The Morgan fingerprint density at radius 1 is 1.08 bits per heavy atom. The first kappa shape index (κ1) is 16.4. The zero-order valence-corrected chi connectivity index (χ0v) is 14.4. The predicted molar refractivity (Wildman–Crippen MR) is 96.7 cm³/mol. The zero-order valence-electron chi connectivity index (χ0n) is 14.4. The fourth-order valence-electron chi connectivity index (χ4n) is 3.03. The average Bonchev–Trinajstić information content (AvgIpc) is 3.05. The van der Waals surface area contributed by atoms with Gasteiger partial charge in [-0.1, -0.05) is 43.7 Å². The Labute approximate surface area is 143 Å². The van der Waals surface area contributed by atoms with E-state index in [1.807, 2.05) is 18.6 Å². The van der Waals surface area contributed by atoms with Crippen LogP contribution in [0.5, 0.6) is 0 Å².